The molecule has 0 spiro atoms. The van der Waals surface area contributed by atoms with Crippen molar-refractivity contribution in [3.8, 4) is 0 Å². The van der Waals surface area contributed by atoms with Crippen molar-refractivity contribution in [3.63, 3.8) is 0 Å². The molecule has 0 saturated heterocycles. The summed E-state index contributed by atoms with van der Waals surface area (Å²) in [4.78, 5) is 0. The van der Waals surface area contributed by atoms with E-state index in [0.29, 0.717) is 0 Å². The van der Waals surface area contributed by atoms with E-state index in [1.54, 1.807) is 6.08 Å². The Balaban J connectivity index is 0. The SMILES string of the molecule is C=C/C=C\C=C(/C)N.[HH]. The second-order valence-electron chi connectivity index (χ2n) is 1.53. The molecule has 0 aromatic carbocycles. The molecule has 0 aliphatic carbocycles. The van der Waals surface area contributed by atoms with E-state index in [2.05, 4.69) is 6.58 Å². The van der Waals surface area contributed by atoms with E-state index < -0.39 is 0 Å². The van der Waals surface area contributed by atoms with E-state index in [-0.39, 0.29) is 1.43 Å². The molecule has 1 heteroatoms. The summed E-state index contributed by atoms with van der Waals surface area (Å²) >= 11 is 0. The largest absolute Gasteiger partial charge is 0.402 e. The normalized spacial score (nSPS) is 12.4. The molecule has 0 rings (SSSR count). The van der Waals surface area contributed by atoms with Crippen LogP contribution in [0, 0.1) is 0 Å². The molecule has 46 valence electrons. The highest BCUT2D eigenvalue weighted by atomic mass is 14.5. The van der Waals surface area contributed by atoms with Crippen LogP contribution in [0.5, 0.6) is 0 Å². The van der Waals surface area contributed by atoms with Crippen LogP contribution < -0.4 is 5.73 Å². The van der Waals surface area contributed by atoms with E-state index in [9.17, 15) is 0 Å². The van der Waals surface area contributed by atoms with Gasteiger partial charge in [-0.15, -0.1) is 0 Å². The summed E-state index contributed by atoms with van der Waals surface area (Å²) in [5.74, 6) is 0. The molecule has 0 aromatic rings. The molecule has 2 N–H and O–H groups in total. The highest BCUT2D eigenvalue weighted by Gasteiger charge is 1.66. The van der Waals surface area contributed by atoms with Crippen LogP contribution in [0.25, 0.3) is 0 Å². The lowest BCUT2D eigenvalue weighted by molar-refractivity contribution is 1.32. The zero-order valence-corrected chi connectivity index (χ0v) is 5.09. The van der Waals surface area contributed by atoms with Gasteiger partial charge in [0.2, 0.25) is 0 Å². The van der Waals surface area contributed by atoms with Gasteiger partial charge in [0.15, 0.2) is 0 Å². The second kappa shape index (κ2) is 4.19. The molecule has 1 nitrogen and oxygen atoms in total. The Morgan fingerprint density at radius 2 is 2.25 bits per heavy atom. The van der Waals surface area contributed by atoms with Gasteiger partial charge in [-0.25, -0.2) is 0 Å². The zero-order valence-electron chi connectivity index (χ0n) is 5.09. The van der Waals surface area contributed by atoms with Crippen molar-refractivity contribution in [2.24, 2.45) is 5.73 Å². The first-order valence-corrected chi connectivity index (χ1v) is 2.49. The summed E-state index contributed by atoms with van der Waals surface area (Å²) < 4.78 is 0. The molecule has 0 aromatic heterocycles. The maximum Gasteiger partial charge on any atom is 0.00488 e. The molecule has 0 atom stereocenters. The van der Waals surface area contributed by atoms with Crippen molar-refractivity contribution in [2.45, 2.75) is 6.92 Å². The van der Waals surface area contributed by atoms with Crippen molar-refractivity contribution in [1.82, 2.24) is 0 Å². The third kappa shape index (κ3) is 5.02. The Hall–Kier alpha value is -0.980. The minimum atomic E-state index is 0. The van der Waals surface area contributed by atoms with Crippen LogP contribution in [-0.4, -0.2) is 0 Å². The first kappa shape index (κ1) is 7.02. The highest BCUT2D eigenvalue weighted by Crippen LogP contribution is 1.80. The van der Waals surface area contributed by atoms with Crippen LogP contribution in [0.1, 0.15) is 8.35 Å². The first-order chi connectivity index (χ1) is 3.77. The van der Waals surface area contributed by atoms with E-state index in [1.807, 2.05) is 25.2 Å². The molecule has 0 saturated carbocycles. The molecule has 0 bridgehead atoms. The number of allylic oxidation sites excluding steroid dienone is 5. The van der Waals surface area contributed by atoms with E-state index in [0.717, 1.165) is 5.70 Å². The van der Waals surface area contributed by atoms with Crippen molar-refractivity contribution in [2.75, 3.05) is 0 Å². The molecule has 0 amide bonds. The van der Waals surface area contributed by atoms with Crippen LogP contribution in [0.2, 0.25) is 0 Å². The Bertz CT molecular complexity index is 121. The Kier molecular flexibility index (Phi) is 3.67. The van der Waals surface area contributed by atoms with Crippen molar-refractivity contribution < 1.29 is 1.43 Å². The van der Waals surface area contributed by atoms with Gasteiger partial charge < -0.3 is 5.73 Å². The zero-order chi connectivity index (χ0) is 6.41. The average molecular weight is 111 g/mol. The van der Waals surface area contributed by atoms with Gasteiger partial charge in [0.05, 0.1) is 0 Å². The molecule has 0 fully saturated rings. The van der Waals surface area contributed by atoms with Crippen molar-refractivity contribution in [1.29, 1.82) is 0 Å². The van der Waals surface area contributed by atoms with Gasteiger partial charge >= 0.3 is 0 Å². The van der Waals surface area contributed by atoms with Gasteiger partial charge in [0.25, 0.3) is 0 Å². The summed E-state index contributed by atoms with van der Waals surface area (Å²) in [6.07, 6.45) is 7.21. The van der Waals surface area contributed by atoms with E-state index in [1.165, 1.54) is 0 Å². The smallest absolute Gasteiger partial charge is 0.00488 e. The minimum absolute atomic E-state index is 0. The van der Waals surface area contributed by atoms with Gasteiger partial charge in [-0.3, -0.25) is 0 Å². The predicted octanol–water partition coefficient (Wildman–Crippen LogP) is 1.84. The molecular formula is C7H13N. The number of hydrogen-bond donors (Lipinski definition) is 1. The first-order valence-electron chi connectivity index (χ1n) is 2.49. The quantitative estimate of drug-likeness (QED) is 0.540. The van der Waals surface area contributed by atoms with Crippen LogP contribution in [-0.2, 0) is 0 Å². The average Bonchev–Trinajstić information content (AvgIpc) is 1.66. The molecule has 0 radical (unpaired) electrons. The molecule has 0 unspecified atom stereocenters. The Morgan fingerprint density at radius 3 is 2.62 bits per heavy atom. The Morgan fingerprint density at radius 1 is 1.62 bits per heavy atom. The van der Waals surface area contributed by atoms with Crippen molar-refractivity contribution in [3.05, 3.63) is 36.6 Å². The van der Waals surface area contributed by atoms with Gasteiger partial charge in [-0.05, 0) is 13.0 Å². The topological polar surface area (TPSA) is 26.0 Å². The number of nitrogens with two attached hydrogens (primary N) is 1. The summed E-state index contributed by atoms with van der Waals surface area (Å²) in [6.45, 7) is 5.34. The fraction of sp³-hybridized carbons (Fsp3) is 0.143. The minimum Gasteiger partial charge on any atom is -0.402 e. The van der Waals surface area contributed by atoms with Crippen molar-refractivity contribution >= 4 is 0 Å². The van der Waals surface area contributed by atoms with Gasteiger partial charge in [0, 0.05) is 7.12 Å². The van der Waals surface area contributed by atoms with Crippen LogP contribution >= 0.6 is 0 Å². The lowest BCUT2D eigenvalue weighted by Crippen LogP contribution is -1.87. The summed E-state index contributed by atoms with van der Waals surface area (Å²) in [6, 6.07) is 0. The van der Waals surface area contributed by atoms with Gasteiger partial charge in [-0.2, -0.15) is 0 Å². The third-order valence-electron chi connectivity index (χ3n) is 0.606. The van der Waals surface area contributed by atoms with Gasteiger partial charge in [0.1, 0.15) is 0 Å². The fourth-order valence-corrected chi connectivity index (χ4v) is 0.286. The molecule has 0 heterocycles. The lowest BCUT2D eigenvalue weighted by atomic mass is 10.4. The molecule has 0 aliphatic rings. The number of hydrogen-bond acceptors (Lipinski definition) is 1. The van der Waals surface area contributed by atoms with Crippen LogP contribution in [0.3, 0.4) is 0 Å². The highest BCUT2D eigenvalue weighted by molar-refractivity contribution is 5.11. The predicted molar refractivity (Wildman–Crippen MR) is 39.4 cm³/mol. The molecule has 0 aliphatic heterocycles. The maximum absolute atomic E-state index is 5.31. The third-order valence-corrected chi connectivity index (χ3v) is 0.606. The Labute approximate surface area is 51.7 Å². The van der Waals surface area contributed by atoms with Crippen LogP contribution in [0.15, 0.2) is 36.6 Å². The molecule has 8 heavy (non-hydrogen) atoms. The maximum atomic E-state index is 5.31. The summed E-state index contributed by atoms with van der Waals surface area (Å²) in [5.41, 5.74) is 6.12. The van der Waals surface area contributed by atoms with E-state index >= 15 is 0 Å². The number of rotatable bonds is 2. The second-order valence-corrected chi connectivity index (χ2v) is 1.53. The molecular weight excluding hydrogens is 98.1 g/mol. The van der Waals surface area contributed by atoms with Gasteiger partial charge in [-0.1, -0.05) is 24.8 Å². The van der Waals surface area contributed by atoms with E-state index in [4.69, 9.17) is 5.73 Å². The monoisotopic (exact) mass is 111 g/mol. The summed E-state index contributed by atoms with van der Waals surface area (Å²) in [7, 11) is 0. The lowest BCUT2D eigenvalue weighted by Gasteiger charge is -1.80. The van der Waals surface area contributed by atoms with Crippen LogP contribution in [0.4, 0.5) is 0 Å². The fourth-order valence-electron chi connectivity index (χ4n) is 0.286. The standard InChI is InChI=1S/C7H11N.H2/c1-3-4-5-6-7(2)8;/h3-6H,1,8H2,2H3;1H/b5-4-,7-6+;. The summed E-state index contributed by atoms with van der Waals surface area (Å²) in [5, 5.41) is 0.